The summed E-state index contributed by atoms with van der Waals surface area (Å²) in [7, 11) is 1.65. The number of nitrogens with zero attached hydrogens (tertiary/aromatic N) is 4. The molecule has 158 valence electrons. The Morgan fingerprint density at radius 3 is 2.60 bits per heavy atom. The van der Waals surface area contributed by atoms with Gasteiger partial charge in [0.25, 0.3) is 5.91 Å². The van der Waals surface area contributed by atoms with Crippen molar-refractivity contribution in [3.05, 3.63) is 47.7 Å². The molecule has 1 aromatic heterocycles. The number of carbonyl (C=O) groups is 2. The number of ether oxygens (including phenoxy) is 1. The molecule has 30 heavy (non-hydrogen) atoms. The van der Waals surface area contributed by atoms with Crippen LogP contribution in [-0.4, -0.2) is 61.7 Å². The predicted octanol–water partition coefficient (Wildman–Crippen LogP) is 1.66. The Kier molecular flexibility index (Phi) is 6.23. The molecule has 1 aliphatic heterocycles. The molecule has 2 heterocycles. The molecule has 2 fully saturated rings. The van der Waals surface area contributed by atoms with Gasteiger partial charge in [0, 0.05) is 32.7 Å². The van der Waals surface area contributed by atoms with E-state index in [1.807, 2.05) is 30.3 Å². The van der Waals surface area contributed by atoms with Crippen LogP contribution in [0.5, 0.6) is 0 Å². The number of morpholine rings is 1. The summed E-state index contributed by atoms with van der Waals surface area (Å²) >= 11 is 0. The van der Waals surface area contributed by atoms with E-state index in [1.165, 1.54) is 4.90 Å². The van der Waals surface area contributed by atoms with Gasteiger partial charge in [-0.15, -0.1) is 0 Å². The SMILES string of the molecule is CN(C(=O)Cc1ccccc1)c1nc(C(=O)NCC2CC2)cc(N2CCOCC2)n1. The van der Waals surface area contributed by atoms with Gasteiger partial charge in [-0.05, 0) is 24.3 Å². The Labute approximate surface area is 176 Å². The fourth-order valence-corrected chi connectivity index (χ4v) is 3.29. The van der Waals surface area contributed by atoms with Gasteiger partial charge in [0.1, 0.15) is 11.5 Å². The molecule has 2 amide bonds. The summed E-state index contributed by atoms with van der Waals surface area (Å²) in [5.41, 5.74) is 1.20. The third-order valence-electron chi connectivity index (χ3n) is 5.39. The Morgan fingerprint density at radius 2 is 1.90 bits per heavy atom. The summed E-state index contributed by atoms with van der Waals surface area (Å²) in [5, 5.41) is 2.95. The number of likely N-dealkylation sites (N-methyl/N-ethyl adjacent to an activating group) is 1. The van der Waals surface area contributed by atoms with Crippen LogP contribution < -0.4 is 15.1 Å². The van der Waals surface area contributed by atoms with Crippen molar-refractivity contribution in [1.82, 2.24) is 15.3 Å². The summed E-state index contributed by atoms with van der Waals surface area (Å²) < 4.78 is 5.42. The van der Waals surface area contributed by atoms with E-state index in [0.29, 0.717) is 44.6 Å². The summed E-state index contributed by atoms with van der Waals surface area (Å²) in [5.74, 6) is 1.08. The third kappa shape index (κ3) is 5.13. The fraction of sp³-hybridized carbons (Fsp3) is 0.455. The molecule has 2 aliphatic rings. The minimum absolute atomic E-state index is 0.135. The van der Waals surface area contributed by atoms with Crippen molar-refractivity contribution in [2.45, 2.75) is 19.3 Å². The fourth-order valence-electron chi connectivity index (χ4n) is 3.29. The van der Waals surface area contributed by atoms with Crippen LogP contribution in [0.15, 0.2) is 36.4 Å². The zero-order valence-corrected chi connectivity index (χ0v) is 17.2. The van der Waals surface area contributed by atoms with Crippen LogP contribution in [0.4, 0.5) is 11.8 Å². The summed E-state index contributed by atoms with van der Waals surface area (Å²) in [6, 6.07) is 11.2. The second-order valence-electron chi connectivity index (χ2n) is 7.78. The lowest BCUT2D eigenvalue weighted by Crippen LogP contribution is -2.38. The molecule has 1 saturated heterocycles. The minimum atomic E-state index is -0.232. The summed E-state index contributed by atoms with van der Waals surface area (Å²) in [6.45, 7) is 3.23. The number of anilines is 2. The van der Waals surface area contributed by atoms with Crippen molar-refractivity contribution in [2.24, 2.45) is 5.92 Å². The van der Waals surface area contributed by atoms with Crippen LogP contribution in [0.1, 0.15) is 28.9 Å². The molecule has 1 aromatic carbocycles. The first-order valence-electron chi connectivity index (χ1n) is 10.4. The lowest BCUT2D eigenvalue weighted by Gasteiger charge is -2.28. The number of nitrogens with one attached hydrogen (secondary N) is 1. The van der Waals surface area contributed by atoms with Crippen molar-refractivity contribution in [1.29, 1.82) is 0 Å². The van der Waals surface area contributed by atoms with Crippen molar-refractivity contribution in [3.63, 3.8) is 0 Å². The number of amides is 2. The molecule has 8 nitrogen and oxygen atoms in total. The highest BCUT2D eigenvalue weighted by Gasteiger charge is 2.24. The lowest BCUT2D eigenvalue weighted by atomic mass is 10.1. The van der Waals surface area contributed by atoms with Crippen LogP contribution >= 0.6 is 0 Å². The van der Waals surface area contributed by atoms with Crippen LogP contribution in [0.2, 0.25) is 0 Å². The highest BCUT2D eigenvalue weighted by Crippen LogP contribution is 2.27. The topological polar surface area (TPSA) is 87.7 Å². The first-order valence-corrected chi connectivity index (χ1v) is 10.4. The number of hydrogen-bond donors (Lipinski definition) is 1. The second-order valence-corrected chi connectivity index (χ2v) is 7.78. The van der Waals surface area contributed by atoms with E-state index < -0.39 is 0 Å². The number of benzene rings is 1. The highest BCUT2D eigenvalue weighted by atomic mass is 16.5. The molecule has 0 unspecified atom stereocenters. The molecule has 1 aliphatic carbocycles. The predicted molar refractivity (Wildman–Crippen MR) is 114 cm³/mol. The average Bonchev–Trinajstić information content (AvgIpc) is 3.62. The molecule has 4 rings (SSSR count). The van der Waals surface area contributed by atoms with E-state index in [2.05, 4.69) is 20.2 Å². The molecule has 0 atom stereocenters. The Hall–Kier alpha value is -3.00. The molecule has 0 spiro atoms. The normalized spacial score (nSPS) is 16.2. The maximum Gasteiger partial charge on any atom is 0.270 e. The molecular formula is C22H27N5O3. The van der Waals surface area contributed by atoms with Gasteiger partial charge >= 0.3 is 0 Å². The second kappa shape index (κ2) is 9.21. The van der Waals surface area contributed by atoms with Crippen LogP contribution in [0.3, 0.4) is 0 Å². The largest absolute Gasteiger partial charge is 0.378 e. The standard InChI is InChI=1S/C22H27N5O3/c1-26(20(28)13-16-5-3-2-4-6-16)22-24-18(21(29)23-15-17-7-8-17)14-19(25-22)27-9-11-30-12-10-27/h2-6,14,17H,7-13,15H2,1H3,(H,23,29). The van der Waals surface area contributed by atoms with E-state index in [0.717, 1.165) is 18.4 Å². The lowest BCUT2D eigenvalue weighted by molar-refractivity contribution is -0.117. The van der Waals surface area contributed by atoms with Crippen molar-refractivity contribution in [3.8, 4) is 0 Å². The molecule has 0 bridgehead atoms. The zero-order chi connectivity index (χ0) is 20.9. The maximum absolute atomic E-state index is 12.8. The van der Waals surface area contributed by atoms with Crippen molar-refractivity contribution >= 4 is 23.6 Å². The third-order valence-corrected chi connectivity index (χ3v) is 5.39. The van der Waals surface area contributed by atoms with Gasteiger partial charge < -0.3 is 15.0 Å². The molecule has 2 aromatic rings. The first kappa shape index (κ1) is 20.3. The zero-order valence-electron chi connectivity index (χ0n) is 17.2. The van der Waals surface area contributed by atoms with Crippen molar-refractivity contribution < 1.29 is 14.3 Å². The van der Waals surface area contributed by atoms with E-state index in [-0.39, 0.29) is 29.9 Å². The van der Waals surface area contributed by atoms with Gasteiger partial charge in [0.15, 0.2) is 0 Å². The number of carbonyl (C=O) groups excluding carboxylic acids is 2. The smallest absolute Gasteiger partial charge is 0.270 e. The number of aromatic nitrogens is 2. The van der Waals surface area contributed by atoms with Gasteiger partial charge in [-0.25, -0.2) is 4.98 Å². The van der Waals surface area contributed by atoms with Crippen molar-refractivity contribution in [2.75, 3.05) is 49.7 Å². The van der Waals surface area contributed by atoms with Gasteiger partial charge in [-0.1, -0.05) is 30.3 Å². The Balaban J connectivity index is 1.56. The maximum atomic E-state index is 12.8. The number of hydrogen-bond acceptors (Lipinski definition) is 6. The van der Waals surface area contributed by atoms with E-state index in [9.17, 15) is 9.59 Å². The van der Waals surface area contributed by atoms with E-state index in [4.69, 9.17) is 4.74 Å². The van der Waals surface area contributed by atoms with Crippen LogP contribution in [0.25, 0.3) is 0 Å². The van der Waals surface area contributed by atoms with E-state index >= 15 is 0 Å². The monoisotopic (exact) mass is 409 g/mol. The van der Waals surface area contributed by atoms with Crippen LogP contribution in [0, 0.1) is 5.92 Å². The molecule has 0 radical (unpaired) electrons. The molecule has 8 heteroatoms. The molecular weight excluding hydrogens is 382 g/mol. The Morgan fingerprint density at radius 1 is 1.17 bits per heavy atom. The number of rotatable bonds is 7. The molecule has 1 saturated carbocycles. The quantitative estimate of drug-likeness (QED) is 0.748. The van der Waals surface area contributed by atoms with Gasteiger partial charge in [-0.2, -0.15) is 4.98 Å². The highest BCUT2D eigenvalue weighted by molar-refractivity contribution is 5.95. The average molecular weight is 409 g/mol. The van der Waals surface area contributed by atoms with Gasteiger partial charge in [-0.3, -0.25) is 14.5 Å². The van der Waals surface area contributed by atoms with Gasteiger partial charge in [0.05, 0.1) is 19.6 Å². The molecule has 1 N–H and O–H groups in total. The summed E-state index contributed by atoms with van der Waals surface area (Å²) in [4.78, 5) is 38.0. The Bertz CT molecular complexity index is 895. The minimum Gasteiger partial charge on any atom is -0.378 e. The van der Waals surface area contributed by atoms with E-state index in [1.54, 1.807) is 13.1 Å². The van der Waals surface area contributed by atoms with Crippen LogP contribution in [-0.2, 0) is 16.0 Å². The van der Waals surface area contributed by atoms with Gasteiger partial charge in [0.2, 0.25) is 11.9 Å². The first-order chi connectivity index (χ1) is 14.6. The summed E-state index contributed by atoms with van der Waals surface area (Å²) in [6.07, 6.45) is 2.56.